The molecule has 3 heteroatoms. The van der Waals surface area contributed by atoms with Crippen LogP contribution in [0.2, 0.25) is 0 Å². The molecule has 2 heterocycles. The van der Waals surface area contributed by atoms with Gasteiger partial charge in [-0.15, -0.1) is 0 Å². The summed E-state index contributed by atoms with van der Waals surface area (Å²) in [5.74, 6) is -0.141. The second kappa shape index (κ2) is 2.58. The highest BCUT2D eigenvalue weighted by Gasteiger charge is 2.21. The molecule has 0 saturated heterocycles. The minimum Gasteiger partial charge on any atom is -0.343 e. The quantitative estimate of drug-likeness (QED) is 0.673. The summed E-state index contributed by atoms with van der Waals surface area (Å²) in [6.07, 6.45) is 0.855. The number of nitrogens with zero attached hydrogens (tertiary/aromatic N) is 1. The third-order valence-corrected chi connectivity index (χ3v) is 2.87. The second-order valence-corrected chi connectivity index (χ2v) is 3.88. The molecule has 1 aromatic carbocycles. The lowest BCUT2D eigenvalue weighted by Gasteiger charge is -2.02. The number of rotatable bonds is 0. The molecule has 2 aromatic rings. The second-order valence-electron chi connectivity index (χ2n) is 3.88. The smallest absolute Gasteiger partial charge is 0.132 e. The first-order valence-corrected chi connectivity index (χ1v) is 4.78. The molecule has 0 spiro atoms. The fourth-order valence-corrected chi connectivity index (χ4v) is 2.26. The maximum Gasteiger partial charge on any atom is 0.132 e. The minimum atomic E-state index is -0.141. The number of hydrogen-bond acceptors (Lipinski definition) is 1. The van der Waals surface area contributed by atoms with Gasteiger partial charge in [-0.3, -0.25) is 0 Å². The van der Waals surface area contributed by atoms with Gasteiger partial charge in [0, 0.05) is 30.1 Å². The van der Waals surface area contributed by atoms with Gasteiger partial charge in [0.1, 0.15) is 5.82 Å². The average Bonchev–Trinajstić information content (AvgIpc) is 2.63. The van der Waals surface area contributed by atoms with Gasteiger partial charge in [0.15, 0.2) is 0 Å². The van der Waals surface area contributed by atoms with Crippen LogP contribution in [0, 0.1) is 5.82 Å². The molecule has 2 N–H and O–H groups in total. The Morgan fingerprint density at radius 3 is 3.14 bits per heavy atom. The van der Waals surface area contributed by atoms with Gasteiger partial charge < -0.3 is 10.3 Å². The molecule has 0 aliphatic carbocycles. The summed E-state index contributed by atoms with van der Waals surface area (Å²) >= 11 is 0. The Morgan fingerprint density at radius 2 is 2.29 bits per heavy atom. The zero-order valence-corrected chi connectivity index (χ0v) is 7.70. The van der Waals surface area contributed by atoms with E-state index in [-0.39, 0.29) is 11.9 Å². The SMILES string of the molecule is NC1Cc2cc3c(F)cccc3n2C1. The van der Waals surface area contributed by atoms with E-state index in [1.807, 2.05) is 12.1 Å². The molecular weight excluding hydrogens is 179 g/mol. The number of nitrogens with two attached hydrogens (primary N) is 1. The standard InChI is InChI=1S/C11H11FN2/c12-10-2-1-3-11-9(10)5-8-4-7(13)6-14(8)11/h1-3,5,7H,4,6,13H2. The fraction of sp³-hybridized carbons (Fsp3) is 0.273. The molecule has 1 aliphatic rings. The normalized spacial score (nSPS) is 20.3. The Kier molecular flexibility index (Phi) is 1.47. The third-order valence-electron chi connectivity index (χ3n) is 2.87. The predicted molar refractivity (Wildman–Crippen MR) is 53.6 cm³/mol. The Balaban J connectivity index is 2.33. The van der Waals surface area contributed by atoms with Crippen molar-refractivity contribution in [1.29, 1.82) is 0 Å². The average molecular weight is 190 g/mol. The zero-order valence-electron chi connectivity index (χ0n) is 7.70. The zero-order chi connectivity index (χ0) is 9.71. The van der Waals surface area contributed by atoms with Gasteiger partial charge in [0.25, 0.3) is 0 Å². The Labute approximate surface area is 81.1 Å². The van der Waals surface area contributed by atoms with Crippen LogP contribution < -0.4 is 5.73 Å². The van der Waals surface area contributed by atoms with E-state index in [1.165, 1.54) is 6.07 Å². The maximum atomic E-state index is 13.4. The van der Waals surface area contributed by atoms with Crippen molar-refractivity contribution < 1.29 is 4.39 Å². The molecular formula is C11H11FN2. The maximum absolute atomic E-state index is 13.4. The summed E-state index contributed by atoms with van der Waals surface area (Å²) in [6, 6.07) is 7.29. The van der Waals surface area contributed by atoms with E-state index in [4.69, 9.17) is 5.73 Å². The van der Waals surface area contributed by atoms with E-state index in [0.29, 0.717) is 0 Å². The van der Waals surface area contributed by atoms with Crippen molar-refractivity contribution in [2.24, 2.45) is 5.73 Å². The summed E-state index contributed by atoms with van der Waals surface area (Å²) < 4.78 is 15.5. The largest absolute Gasteiger partial charge is 0.343 e. The molecule has 72 valence electrons. The highest BCUT2D eigenvalue weighted by atomic mass is 19.1. The first-order valence-electron chi connectivity index (χ1n) is 4.78. The lowest BCUT2D eigenvalue weighted by molar-refractivity contribution is 0.635. The molecule has 0 bridgehead atoms. The summed E-state index contributed by atoms with van der Waals surface area (Å²) in [5, 5.41) is 0.717. The van der Waals surface area contributed by atoms with Gasteiger partial charge in [-0.1, -0.05) is 6.07 Å². The summed E-state index contributed by atoms with van der Waals surface area (Å²) in [7, 11) is 0. The lowest BCUT2D eigenvalue weighted by Crippen LogP contribution is -2.20. The van der Waals surface area contributed by atoms with Crippen molar-refractivity contribution in [2.75, 3.05) is 0 Å². The van der Waals surface area contributed by atoms with Crippen molar-refractivity contribution in [3.8, 4) is 0 Å². The highest BCUT2D eigenvalue weighted by Crippen LogP contribution is 2.27. The topological polar surface area (TPSA) is 30.9 Å². The molecule has 1 unspecified atom stereocenters. The molecule has 3 rings (SSSR count). The van der Waals surface area contributed by atoms with Crippen molar-refractivity contribution in [2.45, 2.75) is 19.0 Å². The molecule has 0 amide bonds. The van der Waals surface area contributed by atoms with Crippen LogP contribution in [0.4, 0.5) is 4.39 Å². The molecule has 0 radical (unpaired) electrons. The van der Waals surface area contributed by atoms with E-state index < -0.39 is 0 Å². The monoisotopic (exact) mass is 190 g/mol. The van der Waals surface area contributed by atoms with E-state index in [1.54, 1.807) is 6.07 Å². The number of aromatic nitrogens is 1. The summed E-state index contributed by atoms with van der Waals surface area (Å²) in [6.45, 7) is 0.808. The fourth-order valence-electron chi connectivity index (χ4n) is 2.26. The summed E-state index contributed by atoms with van der Waals surface area (Å²) in [4.78, 5) is 0. The first-order chi connectivity index (χ1) is 6.75. The van der Waals surface area contributed by atoms with E-state index in [0.717, 1.165) is 29.6 Å². The van der Waals surface area contributed by atoms with Crippen LogP contribution in [-0.4, -0.2) is 10.6 Å². The van der Waals surface area contributed by atoms with Crippen LogP contribution >= 0.6 is 0 Å². The Bertz CT molecular complexity index is 501. The minimum absolute atomic E-state index is 0.141. The lowest BCUT2D eigenvalue weighted by atomic mass is 10.2. The van der Waals surface area contributed by atoms with Gasteiger partial charge in [-0.25, -0.2) is 4.39 Å². The molecule has 0 saturated carbocycles. The van der Waals surface area contributed by atoms with Crippen molar-refractivity contribution in [1.82, 2.24) is 4.57 Å². The molecule has 14 heavy (non-hydrogen) atoms. The number of halogens is 1. The van der Waals surface area contributed by atoms with E-state index >= 15 is 0 Å². The van der Waals surface area contributed by atoms with Gasteiger partial charge in [0.05, 0.1) is 5.52 Å². The highest BCUT2D eigenvalue weighted by molar-refractivity contribution is 5.82. The van der Waals surface area contributed by atoms with Crippen LogP contribution in [0.1, 0.15) is 5.69 Å². The van der Waals surface area contributed by atoms with Crippen molar-refractivity contribution >= 4 is 10.9 Å². The van der Waals surface area contributed by atoms with Gasteiger partial charge >= 0.3 is 0 Å². The first kappa shape index (κ1) is 8.00. The predicted octanol–water partition coefficient (Wildman–Crippen LogP) is 1.66. The number of hydrogen-bond donors (Lipinski definition) is 1. The van der Waals surface area contributed by atoms with Crippen LogP contribution in [0.15, 0.2) is 24.3 Å². The van der Waals surface area contributed by atoms with Crippen LogP contribution in [0.25, 0.3) is 10.9 Å². The third kappa shape index (κ3) is 0.930. The Morgan fingerprint density at radius 1 is 1.43 bits per heavy atom. The van der Waals surface area contributed by atoms with Crippen molar-refractivity contribution in [3.05, 3.63) is 35.8 Å². The summed E-state index contributed by atoms with van der Waals surface area (Å²) in [5.41, 5.74) is 7.96. The molecule has 1 atom stereocenters. The van der Waals surface area contributed by atoms with Crippen LogP contribution in [0.5, 0.6) is 0 Å². The van der Waals surface area contributed by atoms with Gasteiger partial charge in [-0.2, -0.15) is 0 Å². The van der Waals surface area contributed by atoms with Crippen LogP contribution in [-0.2, 0) is 13.0 Å². The van der Waals surface area contributed by atoms with Gasteiger partial charge in [-0.05, 0) is 18.2 Å². The molecule has 1 aromatic heterocycles. The van der Waals surface area contributed by atoms with Gasteiger partial charge in [0.2, 0.25) is 0 Å². The molecule has 0 fully saturated rings. The molecule has 1 aliphatic heterocycles. The number of fused-ring (bicyclic) bond motifs is 3. The van der Waals surface area contributed by atoms with Crippen molar-refractivity contribution in [3.63, 3.8) is 0 Å². The number of benzene rings is 1. The van der Waals surface area contributed by atoms with E-state index in [9.17, 15) is 4.39 Å². The van der Waals surface area contributed by atoms with Crippen LogP contribution in [0.3, 0.4) is 0 Å². The van der Waals surface area contributed by atoms with E-state index in [2.05, 4.69) is 4.57 Å². The molecule has 2 nitrogen and oxygen atoms in total. The Hall–Kier alpha value is -1.35.